The maximum Gasteiger partial charge on any atom is 0.372 e. The van der Waals surface area contributed by atoms with E-state index >= 15 is 0 Å². The number of nitrogens with one attached hydrogen (secondary N) is 1. The summed E-state index contributed by atoms with van der Waals surface area (Å²) in [6.45, 7) is 1.98. The van der Waals surface area contributed by atoms with E-state index in [1.807, 2.05) is 37.3 Å². The predicted molar refractivity (Wildman–Crippen MR) is 98.3 cm³/mol. The van der Waals surface area contributed by atoms with Gasteiger partial charge in [-0.15, -0.1) is 11.3 Å². The second kappa shape index (κ2) is 7.16. The number of carbonyl (C=O) groups is 1. The molecule has 0 spiro atoms. The van der Waals surface area contributed by atoms with Gasteiger partial charge in [0.05, 0.1) is 5.39 Å². The largest absolute Gasteiger partial charge is 0.475 e. The molecule has 0 bridgehead atoms. The third-order valence-corrected chi connectivity index (χ3v) is 5.29. The van der Waals surface area contributed by atoms with E-state index in [1.54, 1.807) is 0 Å². The molecule has 25 heavy (non-hydrogen) atoms. The predicted octanol–water partition coefficient (Wildman–Crippen LogP) is 2.88. The molecule has 0 radical (unpaired) electrons. The number of H-pyrrole nitrogens is 1. The third-order valence-electron chi connectivity index (χ3n) is 4.10. The van der Waals surface area contributed by atoms with Crippen LogP contribution in [0.4, 0.5) is 0 Å². The van der Waals surface area contributed by atoms with Gasteiger partial charge in [0.1, 0.15) is 4.83 Å². The summed E-state index contributed by atoms with van der Waals surface area (Å²) < 4.78 is 0. The van der Waals surface area contributed by atoms with Gasteiger partial charge in [0.2, 0.25) is 5.82 Å². The molecule has 6 nitrogen and oxygen atoms in total. The van der Waals surface area contributed by atoms with E-state index in [0.717, 1.165) is 24.8 Å². The molecule has 0 amide bonds. The van der Waals surface area contributed by atoms with Gasteiger partial charge >= 0.3 is 5.97 Å². The van der Waals surface area contributed by atoms with Crippen molar-refractivity contribution < 1.29 is 9.90 Å². The number of hydrogen-bond donors (Lipinski definition) is 3. The van der Waals surface area contributed by atoms with Gasteiger partial charge in [-0.3, -0.25) is 4.79 Å². The molecular weight excluding hydrogens is 338 g/mol. The van der Waals surface area contributed by atoms with Gasteiger partial charge in [-0.1, -0.05) is 30.3 Å². The van der Waals surface area contributed by atoms with E-state index in [1.165, 1.54) is 21.8 Å². The highest BCUT2D eigenvalue weighted by molar-refractivity contribution is 7.18. The van der Waals surface area contributed by atoms with Crippen molar-refractivity contribution in [3.05, 3.63) is 62.5 Å². The molecule has 1 aromatic carbocycles. The van der Waals surface area contributed by atoms with Crippen molar-refractivity contribution in [3.8, 4) is 0 Å². The first-order valence-electron chi connectivity index (χ1n) is 8.05. The Kier molecular flexibility index (Phi) is 4.96. The number of nitrogens with two attached hydrogens (primary N) is 1. The molecule has 1 aliphatic carbocycles. The zero-order chi connectivity index (χ0) is 18.0. The van der Waals surface area contributed by atoms with Gasteiger partial charge in [0.15, 0.2) is 0 Å². The van der Waals surface area contributed by atoms with Crippen molar-refractivity contribution in [1.29, 1.82) is 0 Å². The first kappa shape index (κ1) is 17.3. The summed E-state index contributed by atoms with van der Waals surface area (Å²) in [7, 11) is 0. The minimum Gasteiger partial charge on any atom is -0.475 e. The SMILES string of the molecule is C[C@@H](N)c1ccccc1.O=C(O)c1nc2sc3c(c2c(=O)[nH]1)CCC3. The molecule has 0 aliphatic heterocycles. The molecule has 0 saturated heterocycles. The Morgan fingerprint density at radius 3 is 2.64 bits per heavy atom. The first-order chi connectivity index (χ1) is 12.0. The molecule has 130 valence electrons. The molecule has 0 fully saturated rings. The van der Waals surface area contributed by atoms with Gasteiger partial charge in [0.25, 0.3) is 5.56 Å². The summed E-state index contributed by atoms with van der Waals surface area (Å²) in [4.78, 5) is 30.5. The average molecular weight is 357 g/mol. The molecule has 4 N–H and O–H groups in total. The van der Waals surface area contributed by atoms with Crippen LogP contribution in [-0.4, -0.2) is 21.0 Å². The Hall–Kier alpha value is -2.51. The van der Waals surface area contributed by atoms with Crippen LogP contribution >= 0.6 is 11.3 Å². The van der Waals surface area contributed by atoms with Crippen molar-refractivity contribution in [2.45, 2.75) is 32.2 Å². The van der Waals surface area contributed by atoms with Gasteiger partial charge in [-0.25, -0.2) is 9.78 Å². The van der Waals surface area contributed by atoms with Crippen LogP contribution in [0.3, 0.4) is 0 Å². The van der Waals surface area contributed by atoms with Gasteiger partial charge in [-0.2, -0.15) is 0 Å². The summed E-state index contributed by atoms with van der Waals surface area (Å²) in [6, 6.07) is 10.2. The summed E-state index contributed by atoms with van der Waals surface area (Å²) in [5.74, 6) is -1.48. The second-order valence-electron chi connectivity index (χ2n) is 5.96. The number of aromatic amines is 1. The van der Waals surface area contributed by atoms with Crippen LogP contribution in [0.2, 0.25) is 0 Å². The highest BCUT2D eigenvalue weighted by atomic mass is 32.1. The van der Waals surface area contributed by atoms with E-state index in [2.05, 4.69) is 9.97 Å². The quantitative estimate of drug-likeness (QED) is 0.653. The van der Waals surface area contributed by atoms with Crippen molar-refractivity contribution in [1.82, 2.24) is 9.97 Å². The zero-order valence-electron chi connectivity index (χ0n) is 13.8. The highest BCUT2D eigenvalue weighted by Gasteiger charge is 2.22. The summed E-state index contributed by atoms with van der Waals surface area (Å²) in [6.07, 6.45) is 2.93. The van der Waals surface area contributed by atoms with Gasteiger partial charge in [0, 0.05) is 10.9 Å². The number of aromatic nitrogens is 2. The Morgan fingerprint density at radius 1 is 1.32 bits per heavy atom. The van der Waals surface area contributed by atoms with Crippen molar-refractivity contribution >= 4 is 27.5 Å². The lowest BCUT2D eigenvalue weighted by Gasteiger charge is -2.02. The molecule has 7 heteroatoms. The van der Waals surface area contributed by atoms with Crippen molar-refractivity contribution in [2.24, 2.45) is 5.73 Å². The van der Waals surface area contributed by atoms with Crippen LogP contribution in [0, 0.1) is 0 Å². The molecule has 1 aliphatic rings. The lowest BCUT2D eigenvalue weighted by atomic mass is 10.1. The van der Waals surface area contributed by atoms with Gasteiger partial charge < -0.3 is 15.8 Å². The van der Waals surface area contributed by atoms with E-state index in [9.17, 15) is 9.59 Å². The third kappa shape index (κ3) is 3.62. The Bertz CT molecular complexity index is 961. The Balaban J connectivity index is 0.000000173. The Labute approximate surface area is 148 Å². The molecule has 2 heterocycles. The first-order valence-corrected chi connectivity index (χ1v) is 8.87. The van der Waals surface area contributed by atoms with Crippen LogP contribution in [0.5, 0.6) is 0 Å². The number of benzene rings is 1. The smallest absolute Gasteiger partial charge is 0.372 e. The molecule has 1 atom stereocenters. The molecule has 3 aromatic rings. The van der Waals surface area contributed by atoms with Crippen LogP contribution < -0.4 is 11.3 Å². The van der Waals surface area contributed by atoms with E-state index in [-0.39, 0.29) is 17.4 Å². The molecule has 0 saturated carbocycles. The van der Waals surface area contributed by atoms with E-state index < -0.39 is 5.97 Å². The minimum atomic E-state index is -1.20. The maximum atomic E-state index is 11.8. The number of aryl methyl sites for hydroxylation is 2. The lowest BCUT2D eigenvalue weighted by Crippen LogP contribution is -2.15. The van der Waals surface area contributed by atoms with E-state index in [4.69, 9.17) is 10.8 Å². The number of hydrogen-bond acceptors (Lipinski definition) is 5. The van der Waals surface area contributed by atoms with Crippen molar-refractivity contribution in [2.75, 3.05) is 0 Å². The standard InChI is InChI=1S/C10H8N2O3S.C8H11N/c13-8-6-4-2-1-3-5(4)16-9(6)12-7(11-8)10(14)15;1-7(9)8-5-3-2-4-6-8/h1-3H2,(H,14,15)(H,11,12,13);2-7H,9H2,1H3/t;7-/m.1/s1. The summed E-state index contributed by atoms with van der Waals surface area (Å²) in [5, 5.41) is 9.37. The molecule has 0 unspecified atom stereocenters. The fraction of sp³-hybridized carbons (Fsp3) is 0.278. The molecule has 2 aromatic heterocycles. The highest BCUT2D eigenvalue weighted by Crippen LogP contribution is 2.34. The number of rotatable bonds is 2. The van der Waals surface area contributed by atoms with E-state index in [0.29, 0.717) is 10.2 Å². The fourth-order valence-corrected chi connectivity index (χ4v) is 4.12. The van der Waals surface area contributed by atoms with Gasteiger partial charge in [-0.05, 0) is 37.3 Å². The van der Waals surface area contributed by atoms with Crippen LogP contribution in [-0.2, 0) is 12.8 Å². The normalized spacial score (nSPS) is 13.8. The maximum absolute atomic E-state index is 11.8. The monoisotopic (exact) mass is 357 g/mol. The Morgan fingerprint density at radius 2 is 2.04 bits per heavy atom. The number of fused-ring (bicyclic) bond motifs is 3. The van der Waals surface area contributed by atoms with Crippen LogP contribution in [0.15, 0.2) is 35.1 Å². The zero-order valence-corrected chi connectivity index (χ0v) is 14.6. The number of nitrogens with zero attached hydrogens (tertiary/aromatic N) is 1. The topological polar surface area (TPSA) is 109 Å². The number of aromatic carboxylic acids is 1. The number of carboxylic acid groups (broad SMARTS) is 1. The summed E-state index contributed by atoms with van der Waals surface area (Å²) in [5.41, 5.74) is 7.53. The van der Waals surface area contributed by atoms with Crippen LogP contribution in [0.1, 0.15) is 46.0 Å². The second-order valence-corrected chi connectivity index (χ2v) is 7.04. The lowest BCUT2D eigenvalue weighted by molar-refractivity contribution is 0.0683. The van der Waals surface area contributed by atoms with Crippen LogP contribution in [0.25, 0.3) is 10.2 Å². The fourth-order valence-electron chi connectivity index (χ4n) is 2.86. The molecule has 4 rings (SSSR count). The summed E-state index contributed by atoms with van der Waals surface area (Å²) >= 11 is 1.44. The van der Waals surface area contributed by atoms with Crippen molar-refractivity contribution in [3.63, 3.8) is 0 Å². The number of thiophene rings is 1. The number of carboxylic acids is 1. The average Bonchev–Trinajstić information content (AvgIpc) is 3.16. The minimum absolute atomic E-state index is 0.159. The molecular formula is C18H19N3O3S.